The van der Waals surface area contributed by atoms with Crippen LogP contribution in [0.4, 0.5) is 11.4 Å². The maximum absolute atomic E-state index is 12.2. The number of hydrogen-bond acceptors (Lipinski definition) is 4. The minimum atomic E-state index is -0.462. The summed E-state index contributed by atoms with van der Waals surface area (Å²) < 4.78 is 0. The number of rotatable bonds is 3. The first kappa shape index (κ1) is 14.5. The molecule has 0 unspecified atom stereocenters. The summed E-state index contributed by atoms with van der Waals surface area (Å²) in [7, 11) is 0. The second-order valence-corrected chi connectivity index (χ2v) is 4.83. The summed E-state index contributed by atoms with van der Waals surface area (Å²) >= 11 is 0. The van der Waals surface area contributed by atoms with E-state index in [1.807, 2.05) is 0 Å². The number of anilines is 1. The van der Waals surface area contributed by atoms with Crippen molar-refractivity contribution in [3.8, 4) is 0 Å². The zero-order valence-corrected chi connectivity index (χ0v) is 11.8. The fourth-order valence-electron chi connectivity index (χ4n) is 2.31. The van der Waals surface area contributed by atoms with Gasteiger partial charge in [-0.3, -0.25) is 19.7 Å². The summed E-state index contributed by atoms with van der Waals surface area (Å²) in [5.41, 5.74) is 0.416. The van der Waals surface area contributed by atoms with Gasteiger partial charge in [-0.15, -0.1) is 0 Å². The number of non-ortho nitro benzene ring substituents is 1. The molecule has 0 bridgehead atoms. The predicted molar refractivity (Wildman–Crippen MR) is 85.6 cm³/mol. The number of aromatic amines is 1. The summed E-state index contributed by atoms with van der Waals surface area (Å²) in [6, 6.07) is 12.3. The van der Waals surface area contributed by atoms with Gasteiger partial charge in [0.1, 0.15) is 0 Å². The molecule has 0 saturated heterocycles. The third kappa shape index (κ3) is 2.80. The zero-order chi connectivity index (χ0) is 16.4. The lowest BCUT2D eigenvalue weighted by atomic mass is 10.1. The topological polar surface area (TPSA) is 105 Å². The van der Waals surface area contributed by atoms with Crippen LogP contribution in [0.15, 0.2) is 59.5 Å². The number of H-pyrrole nitrogens is 1. The van der Waals surface area contributed by atoms with Crippen molar-refractivity contribution >= 4 is 28.1 Å². The van der Waals surface area contributed by atoms with Crippen molar-refractivity contribution in [3.63, 3.8) is 0 Å². The van der Waals surface area contributed by atoms with Crippen LogP contribution in [-0.4, -0.2) is 15.8 Å². The van der Waals surface area contributed by atoms with Crippen LogP contribution in [0, 0.1) is 10.1 Å². The maximum Gasteiger partial charge on any atom is 0.277 e. The Labute approximate surface area is 129 Å². The molecule has 3 rings (SSSR count). The molecule has 0 fully saturated rings. The molecule has 0 radical (unpaired) electrons. The Bertz CT molecular complexity index is 958. The molecule has 2 aromatic carbocycles. The number of hydrogen-bond donors (Lipinski definition) is 2. The number of nitrogens with one attached hydrogen (secondary N) is 2. The molecular formula is C16H11N3O4. The van der Waals surface area contributed by atoms with Gasteiger partial charge >= 0.3 is 0 Å². The standard InChI is InChI=1S/C16H11N3O4/c20-15-8-7-10(9-17-15)16(21)18-13-5-1-4-12-11(13)3-2-6-14(12)19(22)23/h1-9H,(H,17,20)(H,18,21). The Balaban J connectivity index is 2.02. The van der Waals surface area contributed by atoms with E-state index in [4.69, 9.17) is 0 Å². The normalized spacial score (nSPS) is 10.4. The third-order valence-corrected chi connectivity index (χ3v) is 3.39. The van der Waals surface area contributed by atoms with E-state index in [0.717, 1.165) is 0 Å². The minimum Gasteiger partial charge on any atom is -0.328 e. The highest BCUT2D eigenvalue weighted by atomic mass is 16.6. The van der Waals surface area contributed by atoms with E-state index in [0.29, 0.717) is 16.5 Å². The Morgan fingerprint density at radius 2 is 1.78 bits per heavy atom. The first-order valence-corrected chi connectivity index (χ1v) is 6.72. The van der Waals surface area contributed by atoms with Crippen molar-refractivity contribution in [2.45, 2.75) is 0 Å². The lowest BCUT2D eigenvalue weighted by molar-refractivity contribution is -0.383. The Kier molecular flexibility index (Phi) is 3.60. The largest absolute Gasteiger partial charge is 0.328 e. The summed E-state index contributed by atoms with van der Waals surface area (Å²) in [5, 5.41) is 14.8. The Hall–Kier alpha value is -3.48. The van der Waals surface area contributed by atoms with Crippen molar-refractivity contribution in [1.82, 2.24) is 4.98 Å². The highest BCUT2D eigenvalue weighted by molar-refractivity contribution is 6.10. The van der Waals surface area contributed by atoms with Crippen molar-refractivity contribution in [3.05, 3.63) is 80.8 Å². The molecule has 3 aromatic rings. The highest BCUT2D eigenvalue weighted by Gasteiger charge is 2.14. The molecule has 7 heteroatoms. The monoisotopic (exact) mass is 309 g/mol. The second-order valence-electron chi connectivity index (χ2n) is 4.83. The Morgan fingerprint density at radius 3 is 2.48 bits per heavy atom. The maximum atomic E-state index is 12.2. The van der Waals surface area contributed by atoms with Gasteiger partial charge in [0, 0.05) is 29.4 Å². The van der Waals surface area contributed by atoms with Gasteiger partial charge in [0.05, 0.1) is 15.9 Å². The highest BCUT2D eigenvalue weighted by Crippen LogP contribution is 2.30. The number of nitrogens with zero attached hydrogens (tertiary/aromatic N) is 1. The minimum absolute atomic E-state index is 0.0253. The molecule has 0 aliphatic rings. The van der Waals surface area contributed by atoms with Crippen molar-refractivity contribution in [2.75, 3.05) is 5.32 Å². The molecule has 1 aromatic heterocycles. The number of carbonyl (C=O) groups excluding carboxylic acids is 1. The first-order valence-electron chi connectivity index (χ1n) is 6.72. The van der Waals surface area contributed by atoms with E-state index in [9.17, 15) is 19.7 Å². The molecule has 114 valence electrons. The lowest BCUT2D eigenvalue weighted by Gasteiger charge is -2.09. The van der Waals surface area contributed by atoms with Crippen molar-refractivity contribution in [2.24, 2.45) is 0 Å². The molecule has 1 amide bonds. The van der Waals surface area contributed by atoms with E-state index < -0.39 is 10.8 Å². The van der Waals surface area contributed by atoms with Gasteiger partial charge in [-0.1, -0.05) is 18.2 Å². The average Bonchev–Trinajstić information content (AvgIpc) is 2.55. The summed E-state index contributed by atoms with van der Waals surface area (Å²) in [6.07, 6.45) is 1.31. The number of benzene rings is 2. The fourth-order valence-corrected chi connectivity index (χ4v) is 2.31. The van der Waals surface area contributed by atoms with Gasteiger partial charge in [0.2, 0.25) is 5.56 Å². The fraction of sp³-hybridized carbons (Fsp3) is 0. The lowest BCUT2D eigenvalue weighted by Crippen LogP contribution is -2.14. The van der Waals surface area contributed by atoms with Crippen LogP contribution >= 0.6 is 0 Å². The summed E-state index contributed by atoms with van der Waals surface area (Å²) in [6.45, 7) is 0. The molecule has 2 N–H and O–H groups in total. The molecule has 0 spiro atoms. The molecular weight excluding hydrogens is 298 g/mol. The SMILES string of the molecule is O=C(Nc1cccc2c([N+](=O)[O-])cccc12)c1ccc(=O)[nH]c1. The van der Waals surface area contributed by atoms with Crippen molar-refractivity contribution < 1.29 is 9.72 Å². The van der Waals surface area contributed by atoms with Gasteiger partial charge in [-0.05, 0) is 18.2 Å². The van der Waals surface area contributed by atoms with Gasteiger partial charge in [0.25, 0.3) is 11.6 Å². The van der Waals surface area contributed by atoms with Crippen LogP contribution in [0.2, 0.25) is 0 Å². The van der Waals surface area contributed by atoms with Crippen LogP contribution in [0.25, 0.3) is 10.8 Å². The zero-order valence-electron chi connectivity index (χ0n) is 11.8. The number of pyridine rings is 1. The van der Waals surface area contributed by atoms with Gasteiger partial charge in [0.15, 0.2) is 0 Å². The molecule has 0 aliphatic heterocycles. The van der Waals surface area contributed by atoms with E-state index in [1.165, 1.54) is 24.4 Å². The number of aromatic nitrogens is 1. The van der Waals surface area contributed by atoms with Gasteiger partial charge in [-0.25, -0.2) is 0 Å². The molecule has 23 heavy (non-hydrogen) atoms. The van der Waals surface area contributed by atoms with Crippen LogP contribution in [0.5, 0.6) is 0 Å². The average molecular weight is 309 g/mol. The molecule has 1 heterocycles. The van der Waals surface area contributed by atoms with Crippen LogP contribution in [0.1, 0.15) is 10.4 Å². The molecule has 0 saturated carbocycles. The van der Waals surface area contributed by atoms with E-state index >= 15 is 0 Å². The second kappa shape index (κ2) is 5.72. The summed E-state index contributed by atoms with van der Waals surface area (Å²) in [4.78, 5) is 36.3. The smallest absolute Gasteiger partial charge is 0.277 e. The third-order valence-electron chi connectivity index (χ3n) is 3.39. The molecule has 7 nitrogen and oxygen atoms in total. The number of carbonyl (C=O) groups is 1. The number of nitro benzene ring substituents is 1. The van der Waals surface area contributed by atoms with Gasteiger partial charge < -0.3 is 10.3 Å². The van der Waals surface area contributed by atoms with E-state index in [-0.39, 0.29) is 16.8 Å². The van der Waals surface area contributed by atoms with E-state index in [2.05, 4.69) is 10.3 Å². The first-order chi connectivity index (χ1) is 11.1. The predicted octanol–water partition coefficient (Wildman–Crippen LogP) is 2.69. The quantitative estimate of drug-likeness (QED) is 0.573. The van der Waals surface area contributed by atoms with Gasteiger partial charge in [-0.2, -0.15) is 0 Å². The Morgan fingerprint density at radius 1 is 1.04 bits per heavy atom. The van der Waals surface area contributed by atoms with Crippen LogP contribution < -0.4 is 10.9 Å². The molecule has 0 aliphatic carbocycles. The van der Waals surface area contributed by atoms with E-state index in [1.54, 1.807) is 30.3 Å². The van der Waals surface area contributed by atoms with Crippen LogP contribution in [-0.2, 0) is 0 Å². The van der Waals surface area contributed by atoms with Crippen molar-refractivity contribution in [1.29, 1.82) is 0 Å². The number of amides is 1. The number of fused-ring (bicyclic) bond motifs is 1. The summed E-state index contributed by atoms with van der Waals surface area (Å²) in [5.74, 6) is -0.416. The number of nitro groups is 1. The van der Waals surface area contributed by atoms with Crippen LogP contribution in [0.3, 0.4) is 0 Å². The molecule has 0 atom stereocenters.